The van der Waals surface area contributed by atoms with Crippen LogP contribution in [0.4, 0.5) is 5.69 Å². The second-order valence-corrected chi connectivity index (χ2v) is 5.36. The van der Waals surface area contributed by atoms with Crippen molar-refractivity contribution >= 4 is 17.7 Å². The van der Waals surface area contributed by atoms with E-state index >= 15 is 0 Å². The topological polar surface area (TPSA) is 67.6 Å². The summed E-state index contributed by atoms with van der Waals surface area (Å²) in [5, 5.41) is 18.0. The molecule has 0 amide bonds. The Labute approximate surface area is 124 Å². The molecule has 0 radical (unpaired) electrons. The molecule has 110 valence electrons. The fourth-order valence-electron chi connectivity index (χ4n) is 2.66. The van der Waals surface area contributed by atoms with Gasteiger partial charge in [0.2, 0.25) is 0 Å². The van der Waals surface area contributed by atoms with Crippen molar-refractivity contribution in [2.75, 3.05) is 31.6 Å². The Kier molecular flexibility index (Phi) is 4.61. The second kappa shape index (κ2) is 6.42. The third-order valence-electron chi connectivity index (χ3n) is 3.70. The molecule has 0 bridgehead atoms. The largest absolute Gasteiger partial charge is 0.478 e. The van der Waals surface area contributed by atoms with E-state index in [-0.39, 0.29) is 0 Å². The highest BCUT2D eigenvalue weighted by Crippen LogP contribution is 2.25. The maximum atomic E-state index is 10.6. The first kappa shape index (κ1) is 15.1. The molecule has 1 saturated heterocycles. The van der Waals surface area contributed by atoms with Gasteiger partial charge >= 0.3 is 5.97 Å². The number of aliphatic carboxylic acids is 1. The van der Waals surface area contributed by atoms with E-state index in [0.29, 0.717) is 11.6 Å². The van der Waals surface area contributed by atoms with Crippen molar-refractivity contribution < 1.29 is 9.90 Å². The summed E-state index contributed by atoms with van der Waals surface area (Å²) in [4.78, 5) is 15.1. The Morgan fingerprint density at radius 3 is 2.86 bits per heavy atom. The highest BCUT2D eigenvalue weighted by molar-refractivity contribution is 5.85. The van der Waals surface area contributed by atoms with Crippen molar-refractivity contribution in [1.29, 1.82) is 5.26 Å². The minimum atomic E-state index is -0.995. The van der Waals surface area contributed by atoms with Gasteiger partial charge in [-0.15, -0.1) is 0 Å². The zero-order valence-electron chi connectivity index (χ0n) is 12.3. The molecule has 1 fully saturated rings. The average Bonchev–Trinajstić information content (AvgIpc) is 2.45. The number of benzene rings is 1. The van der Waals surface area contributed by atoms with Crippen LogP contribution in [0, 0.1) is 11.3 Å². The Morgan fingerprint density at radius 1 is 1.48 bits per heavy atom. The molecule has 1 atom stereocenters. The van der Waals surface area contributed by atoms with Gasteiger partial charge in [0.05, 0.1) is 11.3 Å². The van der Waals surface area contributed by atoms with Crippen LogP contribution in [0.25, 0.3) is 6.08 Å². The lowest BCUT2D eigenvalue weighted by Crippen LogP contribution is -2.50. The maximum Gasteiger partial charge on any atom is 0.328 e. The van der Waals surface area contributed by atoms with Crippen molar-refractivity contribution in [3.63, 3.8) is 0 Å². The zero-order chi connectivity index (χ0) is 15.4. The Balaban J connectivity index is 2.28. The third-order valence-corrected chi connectivity index (χ3v) is 3.70. The molecule has 0 aromatic heterocycles. The predicted molar refractivity (Wildman–Crippen MR) is 82.1 cm³/mol. The van der Waals surface area contributed by atoms with Crippen LogP contribution in [-0.2, 0) is 4.79 Å². The van der Waals surface area contributed by atoms with Crippen LogP contribution < -0.4 is 4.90 Å². The average molecular weight is 285 g/mol. The van der Waals surface area contributed by atoms with Crippen molar-refractivity contribution in [3.05, 3.63) is 35.4 Å². The highest BCUT2D eigenvalue weighted by Gasteiger charge is 2.23. The highest BCUT2D eigenvalue weighted by atomic mass is 16.4. The fraction of sp³-hybridized carbons (Fsp3) is 0.375. The number of carboxylic acid groups (broad SMARTS) is 1. The second-order valence-electron chi connectivity index (χ2n) is 5.36. The number of carbonyl (C=O) groups is 1. The summed E-state index contributed by atoms with van der Waals surface area (Å²) in [7, 11) is 2.10. The molecule has 0 saturated carbocycles. The number of anilines is 1. The van der Waals surface area contributed by atoms with E-state index < -0.39 is 5.97 Å². The molecule has 0 aliphatic carbocycles. The summed E-state index contributed by atoms with van der Waals surface area (Å²) >= 11 is 0. The standard InChI is InChI=1S/C16H19N3O2/c1-12-11-18(2)7-8-19(12)15-5-3-13(4-6-16(20)21)9-14(15)10-17/h3-6,9,12H,7-8,11H2,1-2H3,(H,20,21)/b6-4+. The summed E-state index contributed by atoms with van der Waals surface area (Å²) in [6.07, 6.45) is 2.58. The number of carboxylic acids is 1. The van der Waals surface area contributed by atoms with Crippen LogP contribution in [0.1, 0.15) is 18.1 Å². The van der Waals surface area contributed by atoms with Gasteiger partial charge in [-0.25, -0.2) is 4.79 Å². The molecule has 1 N–H and O–H groups in total. The predicted octanol–water partition coefficient (Wildman–Crippen LogP) is 1.80. The molecule has 1 aliphatic rings. The van der Waals surface area contributed by atoms with Crippen LogP contribution in [0.15, 0.2) is 24.3 Å². The molecule has 1 unspecified atom stereocenters. The van der Waals surface area contributed by atoms with Crippen LogP contribution in [0.2, 0.25) is 0 Å². The number of nitriles is 1. The van der Waals surface area contributed by atoms with E-state index in [4.69, 9.17) is 5.11 Å². The molecule has 1 heterocycles. The first-order valence-electron chi connectivity index (χ1n) is 6.91. The first-order chi connectivity index (χ1) is 10.0. The quantitative estimate of drug-likeness (QED) is 0.858. The van der Waals surface area contributed by atoms with Crippen LogP contribution in [0.3, 0.4) is 0 Å². The van der Waals surface area contributed by atoms with Gasteiger partial charge in [0.15, 0.2) is 0 Å². The Hall–Kier alpha value is -2.32. The van der Waals surface area contributed by atoms with Crippen LogP contribution in [-0.4, -0.2) is 48.7 Å². The van der Waals surface area contributed by atoms with Crippen molar-refractivity contribution in [3.8, 4) is 6.07 Å². The van der Waals surface area contributed by atoms with Gasteiger partial charge in [0, 0.05) is 31.8 Å². The van der Waals surface area contributed by atoms with E-state index in [9.17, 15) is 10.1 Å². The van der Waals surface area contributed by atoms with Crippen LogP contribution >= 0.6 is 0 Å². The molecule has 5 heteroatoms. The summed E-state index contributed by atoms with van der Waals surface area (Å²) in [6, 6.07) is 8.05. The lowest BCUT2D eigenvalue weighted by molar-refractivity contribution is -0.131. The van der Waals surface area contributed by atoms with E-state index in [1.807, 2.05) is 12.1 Å². The SMILES string of the molecule is CC1CN(C)CCN1c1ccc(/C=C/C(=O)O)cc1C#N. The smallest absolute Gasteiger partial charge is 0.328 e. The van der Waals surface area contributed by atoms with Crippen molar-refractivity contribution in [2.45, 2.75) is 13.0 Å². The number of likely N-dealkylation sites (N-methyl/N-ethyl adjacent to an activating group) is 1. The number of rotatable bonds is 3. The summed E-state index contributed by atoms with van der Waals surface area (Å²) < 4.78 is 0. The van der Waals surface area contributed by atoms with E-state index in [1.54, 1.807) is 6.07 Å². The van der Waals surface area contributed by atoms with Crippen molar-refractivity contribution in [1.82, 2.24) is 4.90 Å². The Bertz CT molecular complexity index is 604. The molecule has 0 spiro atoms. The number of hydrogen-bond acceptors (Lipinski definition) is 4. The Morgan fingerprint density at radius 2 is 2.24 bits per heavy atom. The molecule has 21 heavy (non-hydrogen) atoms. The fourth-order valence-corrected chi connectivity index (χ4v) is 2.66. The first-order valence-corrected chi connectivity index (χ1v) is 6.91. The lowest BCUT2D eigenvalue weighted by Gasteiger charge is -2.40. The number of hydrogen-bond donors (Lipinski definition) is 1. The minimum absolute atomic E-state index is 0.344. The number of nitrogens with zero attached hydrogens (tertiary/aromatic N) is 3. The van der Waals surface area contributed by atoms with Gasteiger partial charge in [-0.05, 0) is 37.7 Å². The molecule has 2 rings (SSSR count). The molecule has 1 aromatic carbocycles. The monoisotopic (exact) mass is 285 g/mol. The normalized spacial score (nSPS) is 19.7. The van der Waals surface area contributed by atoms with E-state index in [0.717, 1.165) is 37.0 Å². The third kappa shape index (κ3) is 3.61. The molecular weight excluding hydrogens is 266 g/mol. The van der Waals surface area contributed by atoms with Crippen LogP contribution in [0.5, 0.6) is 0 Å². The molecule has 5 nitrogen and oxygen atoms in total. The van der Waals surface area contributed by atoms with Crippen molar-refractivity contribution in [2.24, 2.45) is 0 Å². The lowest BCUT2D eigenvalue weighted by atomic mass is 10.1. The van der Waals surface area contributed by atoms with Gasteiger partial charge in [0.25, 0.3) is 0 Å². The molecule has 1 aliphatic heterocycles. The number of piperazine rings is 1. The molecular formula is C16H19N3O2. The summed E-state index contributed by atoms with van der Waals surface area (Å²) in [6.45, 7) is 4.97. The van der Waals surface area contributed by atoms with Gasteiger partial charge in [-0.2, -0.15) is 5.26 Å². The molecule has 1 aromatic rings. The van der Waals surface area contributed by atoms with E-state index in [2.05, 4.69) is 29.8 Å². The van der Waals surface area contributed by atoms with Gasteiger partial charge < -0.3 is 14.9 Å². The van der Waals surface area contributed by atoms with Gasteiger partial charge in [0.1, 0.15) is 6.07 Å². The summed E-state index contributed by atoms with van der Waals surface area (Å²) in [5.74, 6) is -0.995. The van der Waals surface area contributed by atoms with E-state index in [1.165, 1.54) is 6.08 Å². The van der Waals surface area contributed by atoms with Gasteiger partial charge in [-0.1, -0.05) is 6.07 Å². The minimum Gasteiger partial charge on any atom is -0.478 e. The summed E-state index contributed by atoms with van der Waals surface area (Å²) in [5.41, 5.74) is 2.23. The maximum absolute atomic E-state index is 10.6. The zero-order valence-corrected chi connectivity index (χ0v) is 12.3. The van der Waals surface area contributed by atoms with Gasteiger partial charge in [-0.3, -0.25) is 0 Å².